The van der Waals surface area contributed by atoms with Gasteiger partial charge in [0.25, 0.3) is 0 Å². The first-order valence-electron chi connectivity index (χ1n) is 9.71. The molecule has 31 heavy (non-hydrogen) atoms. The summed E-state index contributed by atoms with van der Waals surface area (Å²) < 4.78 is 13.4. The normalized spacial score (nSPS) is 11.0. The van der Waals surface area contributed by atoms with Gasteiger partial charge < -0.3 is 9.15 Å². The minimum Gasteiger partial charge on any atom is -0.489 e. The Balaban J connectivity index is 1.36. The Kier molecular flexibility index (Phi) is 5.02. The Morgan fingerprint density at radius 1 is 1.00 bits per heavy atom. The van der Waals surface area contributed by atoms with E-state index in [2.05, 4.69) is 5.10 Å². The van der Waals surface area contributed by atoms with Crippen LogP contribution in [0.2, 0.25) is 5.02 Å². The maximum absolute atomic E-state index is 12.9. The lowest BCUT2D eigenvalue weighted by atomic mass is 10.1. The number of benzene rings is 3. The molecule has 6 heteroatoms. The molecule has 5 nitrogen and oxygen atoms in total. The van der Waals surface area contributed by atoms with Crippen molar-refractivity contribution in [3.8, 4) is 22.6 Å². The molecule has 0 aliphatic carbocycles. The van der Waals surface area contributed by atoms with Crippen LogP contribution in [0.1, 0.15) is 5.56 Å². The molecule has 5 aromatic rings. The van der Waals surface area contributed by atoms with Gasteiger partial charge in [0.15, 0.2) is 5.43 Å². The first-order chi connectivity index (χ1) is 15.2. The largest absolute Gasteiger partial charge is 0.489 e. The van der Waals surface area contributed by atoms with E-state index in [-0.39, 0.29) is 5.43 Å². The fourth-order valence-electron chi connectivity index (χ4n) is 3.35. The van der Waals surface area contributed by atoms with Gasteiger partial charge in [-0.1, -0.05) is 41.9 Å². The van der Waals surface area contributed by atoms with Gasteiger partial charge in [-0.25, -0.2) is 4.68 Å². The summed E-state index contributed by atoms with van der Waals surface area (Å²) in [5, 5.41) is 5.49. The summed E-state index contributed by atoms with van der Waals surface area (Å²) in [5.41, 5.74) is 3.54. The summed E-state index contributed by atoms with van der Waals surface area (Å²) in [6, 6.07) is 22.2. The van der Waals surface area contributed by atoms with E-state index in [4.69, 9.17) is 20.8 Å². The molecule has 5 rings (SSSR count). The summed E-state index contributed by atoms with van der Waals surface area (Å²) in [5.74, 6) is 0.613. The summed E-state index contributed by atoms with van der Waals surface area (Å²) in [7, 11) is 0. The molecule has 2 heterocycles. The minimum atomic E-state index is -0.0979. The highest BCUT2D eigenvalue weighted by molar-refractivity contribution is 6.30. The van der Waals surface area contributed by atoms with E-state index in [1.54, 1.807) is 53.3 Å². The number of hydrogen-bond acceptors (Lipinski definition) is 4. The lowest BCUT2D eigenvalue weighted by Gasteiger charge is -2.07. The molecule has 0 unspecified atom stereocenters. The predicted octanol–water partition coefficient (Wildman–Crippen LogP) is 5.88. The lowest BCUT2D eigenvalue weighted by Crippen LogP contribution is -2.05. The van der Waals surface area contributed by atoms with Crippen molar-refractivity contribution in [1.82, 2.24) is 9.78 Å². The van der Waals surface area contributed by atoms with Crippen molar-refractivity contribution in [2.75, 3.05) is 0 Å². The van der Waals surface area contributed by atoms with E-state index in [1.807, 2.05) is 36.5 Å². The zero-order chi connectivity index (χ0) is 21.2. The van der Waals surface area contributed by atoms with Gasteiger partial charge >= 0.3 is 0 Å². The van der Waals surface area contributed by atoms with Crippen LogP contribution < -0.4 is 10.2 Å². The van der Waals surface area contributed by atoms with Crippen molar-refractivity contribution in [3.05, 3.63) is 112 Å². The number of rotatable bonds is 5. The van der Waals surface area contributed by atoms with Crippen molar-refractivity contribution in [2.45, 2.75) is 6.61 Å². The second-order valence-electron chi connectivity index (χ2n) is 7.06. The topological polar surface area (TPSA) is 57.3 Å². The lowest BCUT2D eigenvalue weighted by molar-refractivity contribution is 0.306. The molecule has 0 atom stereocenters. The van der Waals surface area contributed by atoms with Gasteiger partial charge in [-0.15, -0.1) is 0 Å². The van der Waals surface area contributed by atoms with E-state index in [9.17, 15) is 4.79 Å². The smallest absolute Gasteiger partial charge is 0.200 e. The Labute approximate surface area is 183 Å². The van der Waals surface area contributed by atoms with Gasteiger partial charge in [-0.3, -0.25) is 4.79 Å². The number of fused-ring (bicyclic) bond motifs is 1. The fraction of sp³-hybridized carbons (Fsp3) is 0.0400. The standard InChI is InChI=1S/C25H17ClN2O3/c26-19-8-6-18(7-9-19)23-16-31-24-12-21(10-11-22(24)25(23)29)30-15-17-13-27-28(14-17)20-4-2-1-3-5-20/h1-14,16H,15H2. The van der Waals surface area contributed by atoms with E-state index < -0.39 is 0 Å². The average molecular weight is 429 g/mol. The number of halogens is 1. The molecule has 152 valence electrons. The van der Waals surface area contributed by atoms with E-state index in [1.165, 1.54) is 6.26 Å². The van der Waals surface area contributed by atoms with E-state index in [0.717, 1.165) is 16.8 Å². The highest BCUT2D eigenvalue weighted by atomic mass is 35.5. The van der Waals surface area contributed by atoms with E-state index in [0.29, 0.717) is 33.9 Å². The highest BCUT2D eigenvalue weighted by Crippen LogP contribution is 2.24. The molecule has 0 spiro atoms. The molecule has 0 aliphatic heterocycles. The quantitative estimate of drug-likeness (QED) is 0.351. The summed E-state index contributed by atoms with van der Waals surface area (Å²) in [4.78, 5) is 12.9. The molecule has 0 bridgehead atoms. The van der Waals surface area contributed by atoms with Crippen molar-refractivity contribution in [3.63, 3.8) is 0 Å². The summed E-state index contributed by atoms with van der Waals surface area (Å²) in [6.07, 6.45) is 5.17. The second kappa shape index (κ2) is 8.13. The predicted molar refractivity (Wildman–Crippen MR) is 121 cm³/mol. The highest BCUT2D eigenvalue weighted by Gasteiger charge is 2.10. The van der Waals surface area contributed by atoms with Crippen LogP contribution in [0.25, 0.3) is 27.8 Å². The van der Waals surface area contributed by atoms with Crippen LogP contribution in [0.15, 0.2) is 101 Å². The minimum absolute atomic E-state index is 0.0979. The number of aromatic nitrogens is 2. The molecule has 0 amide bonds. The van der Waals surface area contributed by atoms with E-state index >= 15 is 0 Å². The van der Waals surface area contributed by atoms with Crippen LogP contribution in [-0.2, 0) is 6.61 Å². The Morgan fingerprint density at radius 2 is 1.81 bits per heavy atom. The Morgan fingerprint density at radius 3 is 2.61 bits per heavy atom. The molecule has 0 saturated heterocycles. The van der Waals surface area contributed by atoms with Crippen molar-refractivity contribution in [1.29, 1.82) is 0 Å². The summed E-state index contributed by atoms with van der Waals surface area (Å²) >= 11 is 5.94. The molecule has 0 radical (unpaired) electrons. The van der Waals surface area contributed by atoms with Gasteiger partial charge in [-0.2, -0.15) is 5.10 Å². The van der Waals surface area contributed by atoms with Crippen molar-refractivity contribution < 1.29 is 9.15 Å². The molecule has 0 saturated carbocycles. The Hall–Kier alpha value is -3.83. The molecular formula is C25H17ClN2O3. The number of ether oxygens (including phenoxy) is 1. The van der Waals surface area contributed by atoms with Crippen molar-refractivity contribution >= 4 is 22.6 Å². The fourth-order valence-corrected chi connectivity index (χ4v) is 3.48. The monoisotopic (exact) mass is 428 g/mol. The molecule has 0 aliphatic rings. The third-order valence-electron chi connectivity index (χ3n) is 4.96. The third-order valence-corrected chi connectivity index (χ3v) is 5.22. The SMILES string of the molecule is O=c1c(-c2ccc(Cl)cc2)coc2cc(OCc3cnn(-c4ccccc4)c3)ccc12. The van der Waals surface area contributed by atoms with Crippen LogP contribution in [-0.4, -0.2) is 9.78 Å². The number of hydrogen-bond donors (Lipinski definition) is 0. The van der Waals surface area contributed by atoms with Gasteiger partial charge in [0.05, 0.1) is 22.8 Å². The zero-order valence-corrected chi connectivity index (χ0v) is 17.1. The van der Waals surface area contributed by atoms with Crippen LogP contribution in [0.4, 0.5) is 0 Å². The molecule has 0 fully saturated rings. The van der Waals surface area contributed by atoms with Crippen LogP contribution in [0.5, 0.6) is 5.75 Å². The average Bonchev–Trinajstić information content (AvgIpc) is 3.28. The molecule has 2 aromatic heterocycles. The van der Waals surface area contributed by atoms with Gasteiger partial charge in [0, 0.05) is 22.8 Å². The summed E-state index contributed by atoms with van der Waals surface area (Å²) in [6.45, 7) is 0.353. The van der Waals surface area contributed by atoms with Crippen LogP contribution >= 0.6 is 11.6 Å². The molecule has 0 N–H and O–H groups in total. The Bertz CT molecular complexity index is 1410. The first-order valence-corrected chi connectivity index (χ1v) is 10.1. The first kappa shape index (κ1) is 19.2. The van der Waals surface area contributed by atoms with Gasteiger partial charge in [0.1, 0.15) is 24.2 Å². The molecular weight excluding hydrogens is 412 g/mol. The van der Waals surface area contributed by atoms with Gasteiger partial charge in [-0.05, 0) is 42.0 Å². The van der Waals surface area contributed by atoms with Gasteiger partial charge in [0.2, 0.25) is 0 Å². The van der Waals surface area contributed by atoms with Crippen molar-refractivity contribution in [2.24, 2.45) is 0 Å². The molecule has 3 aromatic carbocycles. The van der Waals surface area contributed by atoms with Crippen LogP contribution in [0, 0.1) is 0 Å². The zero-order valence-electron chi connectivity index (χ0n) is 16.4. The number of para-hydroxylation sites is 1. The maximum atomic E-state index is 12.9. The second-order valence-corrected chi connectivity index (χ2v) is 7.50. The maximum Gasteiger partial charge on any atom is 0.200 e. The number of nitrogens with zero attached hydrogens (tertiary/aromatic N) is 2. The van der Waals surface area contributed by atoms with Crippen LogP contribution in [0.3, 0.4) is 0 Å². The third kappa shape index (κ3) is 3.96.